The first-order valence-electron chi connectivity index (χ1n) is 26.9. The SMILES string of the molecule is COCCOCCOCCOCCC1(C)C(=CC=CC=CC2=[N+](CCOC)c3ccc4c(S(=O)(=O)O)cc(S(=O)(=O)O)cc4c3C2(C)CCCS(=O)(=O)O)N(CCOCCC(=O)On2c(O)ccc2O)c2ccc3c(S(=O)(=O)O)cc(S(=O)(=O)O)cc3c21. The van der Waals surface area contributed by atoms with Crippen LogP contribution in [0, 0.1) is 0 Å². The number of allylic oxidation sites excluding steroid dienone is 6. The molecule has 2 unspecified atom stereocenters. The Bertz CT molecular complexity index is 4140. The summed E-state index contributed by atoms with van der Waals surface area (Å²) in [5, 5.41) is 19.6. The maximum atomic E-state index is 13.0. The molecule has 0 spiro atoms. The summed E-state index contributed by atoms with van der Waals surface area (Å²) in [5.41, 5.74) is -0.381. The van der Waals surface area contributed by atoms with E-state index in [0.717, 1.165) is 24.3 Å². The molecule has 0 saturated carbocycles. The third-order valence-electron chi connectivity index (χ3n) is 14.8. The molecule has 2 aliphatic rings. The van der Waals surface area contributed by atoms with Crippen LogP contribution in [0.2, 0.25) is 0 Å². The number of carbonyl (C=O) groups is 1. The van der Waals surface area contributed by atoms with Gasteiger partial charge in [0, 0.05) is 84.8 Å². The van der Waals surface area contributed by atoms with Crippen LogP contribution in [0.5, 0.6) is 11.8 Å². The second-order valence-electron chi connectivity index (χ2n) is 20.6. The van der Waals surface area contributed by atoms with Gasteiger partial charge in [0.15, 0.2) is 12.3 Å². The van der Waals surface area contributed by atoms with Crippen molar-refractivity contribution in [2.24, 2.45) is 0 Å². The topological polar surface area (TPSA) is 405 Å². The van der Waals surface area contributed by atoms with E-state index in [9.17, 15) is 79.9 Å². The fourth-order valence-electron chi connectivity index (χ4n) is 10.9. The summed E-state index contributed by atoms with van der Waals surface area (Å²) < 4.78 is 214. The Hall–Kier alpha value is -6.25. The second kappa shape index (κ2) is 28.3. The summed E-state index contributed by atoms with van der Waals surface area (Å²) in [6.07, 6.45) is 7.64. The molecule has 0 aliphatic carbocycles. The van der Waals surface area contributed by atoms with Gasteiger partial charge in [-0.05, 0) is 91.9 Å². The minimum Gasteiger partial charge on any atom is -0.492 e. The van der Waals surface area contributed by atoms with E-state index in [4.69, 9.17) is 33.3 Å². The van der Waals surface area contributed by atoms with Crippen molar-refractivity contribution in [1.82, 2.24) is 4.73 Å². The van der Waals surface area contributed by atoms with Gasteiger partial charge in [-0.3, -0.25) is 22.8 Å². The molecule has 1 aromatic heterocycles. The fraction of sp³-hybridized carbons (Fsp3) is 0.418. The third-order valence-corrected chi connectivity index (χ3v) is 19.1. The van der Waals surface area contributed by atoms with Crippen molar-refractivity contribution in [2.45, 2.75) is 69.9 Å². The van der Waals surface area contributed by atoms with Crippen LogP contribution in [-0.4, -0.2) is 195 Å². The number of hydrogen-bond donors (Lipinski definition) is 7. The van der Waals surface area contributed by atoms with E-state index in [0.29, 0.717) is 65.0 Å². The van der Waals surface area contributed by atoms with Gasteiger partial charge >= 0.3 is 5.97 Å². The molecule has 0 radical (unpaired) electrons. The zero-order valence-electron chi connectivity index (χ0n) is 48.0. The normalized spacial score (nSPS) is 18.1. The fourth-order valence-corrected chi connectivity index (χ4v) is 14.1. The average molecular weight is 1330 g/mol. The molecule has 2 atom stereocenters. The van der Waals surface area contributed by atoms with E-state index in [2.05, 4.69) is 0 Å². The number of hydrogen-bond acceptors (Lipinski definition) is 21. The van der Waals surface area contributed by atoms with Crippen LogP contribution in [0.25, 0.3) is 21.5 Å². The maximum absolute atomic E-state index is 13.0. The number of ether oxygens (including phenoxy) is 6. The molecule has 2 aliphatic heterocycles. The van der Waals surface area contributed by atoms with Crippen molar-refractivity contribution < 1.29 is 118 Å². The summed E-state index contributed by atoms with van der Waals surface area (Å²) in [6.45, 7) is 4.84. The summed E-state index contributed by atoms with van der Waals surface area (Å²) in [5.74, 6) is -2.69. The number of aromatic nitrogens is 1. The van der Waals surface area contributed by atoms with E-state index in [1.165, 1.54) is 25.3 Å². The van der Waals surface area contributed by atoms with E-state index >= 15 is 0 Å². The summed E-state index contributed by atoms with van der Waals surface area (Å²) >= 11 is 0. The molecule has 7 rings (SSSR count). The standard InChI is InChI=1S/C55H67N3O25S5/c1-54(18-8-32-84(62,63)64)47(56(20-24-77-3)43-13-11-39-41(52(43)54)33-37(85(65,66)67)35-45(39)87(71,72)73)9-6-5-7-10-48-55(2,19-23-80-28-29-82-31-30-81-27-26-78-4)53-42-34-38(86(68,69)70)36-46(88(74,75)76)40(42)12-14-44(53)57(48)21-25-79-22-17-51(61)83-58-49(59)15-16-50(58)60/h5-7,9-16,33-36H,8,17-32H2,1-4H3,(H6-,59,60,62,63,64,65,66,67,68,69,70,71,72,73,74,75,76)/p+1. The molecule has 7 N–H and O–H groups in total. The van der Waals surface area contributed by atoms with Crippen molar-refractivity contribution >= 4 is 95.2 Å². The Morgan fingerprint density at radius 2 is 1.10 bits per heavy atom. The lowest BCUT2D eigenvalue weighted by molar-refractivity contribution is -0.441. The van der Waals surface area contributed by atoms with Crippen LogP contribution in [0.3, 0.4) is 0 Å². The lowest BCUT2D eigenvalue weighted by Crippen LogP contribution is -2.32. The number of rotatable bonds is 33. The number of fused-ring (bicyclic) bond motifs is 6. The molecule has 5 aromatic rings. The molecule has 0 bridgehead atoms. The highest BCUT2D eigenvalue weighted by atomic mass is 32.2. The van der Waals surface area contributed by atoms with Crippen LogP contribution in [0.1, 0.15) is 50.7 Å². The van der Waals surface area contributed by atoms with Crippen molar-refractivity contribution in [3.8, 4) is 11.8 Å². The predicted molar refractivity (Wildman–Crippen MR) is 317 cm³/mol. The first-order valence-corrected chi connectivity index (χ1v) is 34.3. The molecule has 0 fully saturated rings. The molecular weight excluding hydrogens is 1260 g/mol. The van der Waals surface area contributed by atoms with Crippen molar-refractivity contribution in [3.05, 3.63) is 108 Å². The molecular formula is C55H68N3O25S5+. The minimum atomic E-state index is -5.17. The van der Waals surface area contributed by atoms with Gasteiger partial charge in [0.25, 0.3) is 50.6 Å². The van der Waals surface area contributed by atoms with Crippen LogP contribution in [-0.2, 0) is 94.6 Å². The lowest BCUT2D eigenvalue weighted by atomic mass is 9.74. The number of nitrogens with zero attached hydrogens (tertiary/aromatic N) is 3. The van der Waals surface area contributed by atoms with Gasteiger partial charge in [-0.25, -0.2) is 4.79 Å². The van der Waals surface area contributed by atoms with Gasteiger partial charge in [-0.15, -0.1) is 4.73 Å². The monoisotopic (exact) mass is 1330 g/mol. The molecule has 0 amide bonds. The van der Waals surface area contributed by atoms with Crippen LogP contribution >= 0.6 is 0 Å². The van der Waals surface area contributed by atoms with Gasteiger partial charge < -0.3 is 48.4 Å². The van der Waals surface area contributed by atoms with Gasteiger partial charge in [0.05, 0.1) is 80.2 Å². The van der Waals surface area contributed by atoms with Gasteiger partial charge in [0.2, 0.25) is 17.4 Å². The Morgan fingerprint density at radius 1 is 0.568 bits per heavy atom. The molecule has 88 heavy (non-hydrogen) atoms. The molecule has 0 saturated heterocycles. The number of aromatic hydroxyl groups is 2. The maximum Gasteiger partial charge on any atom is 0.335 e. The minimum absolute atomic E-state index is 0.00131. The Balaban J connectivity index is 1.34. The van der Waals surface area contributed by atoms with E-state index in [1.54, 1.807) is 66.9 Å². The van der Waals surface area contributed by atoms with E-state index < -0.39 is 104 Å². The first-order chi connectivity index (χ1) is 41.3. The second-order valence-corrected chi connectivity index (χ2v) is 27.8. The van der Waals surface area contributed by atoms with Crippen molar-refractivity contribution in [2.75, 3.05) is 104 Å². The number of benzene rings is 4. The van der Waals surface area contributed by atoms with Gasteiger partial charge in [0.1, 0.15) is 16.4 Å². The summed E-state index contributed by atoms with van der Waals surface area (Å²) in [4.78, 5) is 16.1. The van der Waals surface area contributed by atoms with Crippen molar-refractivity contribution in [1.29, 1.82) is 0 Å². The summed E-state index contributed by atoms with van der Waals surface area (Å²) in [7, 11) is -22.1. The molecule has 33 heteroatoms. The largest absolute Gasteiger partial charge is 0.492 e. The number of anilines is 1. The number of carbonyl (C=O) groups excluding carboxylic acids is 1. The highest BCUT2D eigenvalue weighted by Crippen LogP contribution is 2.54. The molecule has 482 valence electrons. The smallest absolute Gasteiger partial charge is 0.335 e. The molecule has 4 aromatic carbocycles. The first kappa shape index (κ1) is 69.2. The Kier molecular flexibility index (Phi) is 22.3. The van der Waals surface area contributed by atoms with E-state index in [1.807, 2.05) is 0 Å². The molecule has 3 heterocycles. The van der Waals surface area contributed by atoms with Crippen molar-refractivity contribution in [3.63, 3.8) is 0 Å². The van der Waals surface area contributed by atoms with Crippen LogP contribution in [0.4, 0.5) is 11.4 Å². The third kappa shape index (κ3) is 16.2. The zero-order valence-corrected chi connectivity index (χ0v) is 52.1. The molecule has 28 nitrogen and oxygen atoms in total. The van der Waals surface area contributed by atoms with Gasteiger partial charge in [-0.1, -0.05) is 24.3 Å². The number of methoxy groups -OCH3 is 2. The quantitative estimate of drug-likeness (QED) is 0.0128. The van der Waals surface area contributed by atoms with Gasteiger partial charge in [-0.2, -0.15) is 46.7 Å². The highest BCUT2D eigenvalue weighted by Gasteiger charge is 2.50. The Labute approximate surface area is 508 Å². The zero-order chi connectivity index (χ0) is 64.6. The Morgan fingerprint density at radius 3 is 1.65 bits per heavy atom. The van der Waals surface area contributed by atoms with Crippen LogP contribution in [0.15, 0.2) is 116 Å². The summed E-state index contributed by atoms with van der Waals surface area (Å²) in [6, 6.07) is 11.3. The predicted octanol–water partition coefficient (Wildman–Crippen LogP) is 4.79. The van der Waals surface area contributed by atoms with E-state index in [-0.39, 0.29) is 112 Å². The highest BCUT2D eigenvalue weighted by molar-refractivity contribution is 7.87. The lowest BCUT2D eigenvalue weighted by Gasteiger charge is -2.31. The van der Waals surface area contributed by atoms with Crippen LogP contribution < -0.4 is 9.74 Å². The average Bonchev–Trinajstić information content (AvgIpc) is 2.06.